The molecule has 0 saturated carbocycles. The zero-order chi connectivity index (χ0) is 24.9. The van der Waals surface area contributed by atoms with Crippen molar-refractivity contribution in [1.29, 1.82) is 0 Å². The molecule has 0 aliphatic carbocycles. The third kappa shape index (κ3) is 4.31. The summed E-state index contributed by atoms with van der Waals surface area (Å²) < 4.78 is 0. The molecule has 2 saturated heterocycles. The van der Waals surface area contributed by atoms with Crippen LogP contribution in [0.4, 0.5) is 0 Å². The number of nitrogens with zero attached hydrogens (tertiary/aromatic N) is 2. The predicted octanol–water partition coefficient (Wildman–Crippen LogP) is 3.75. The van der Waals surface area contributed by atoms with Crippen LogP contribution >= 0.6 is 0 Å². The molecule has 2 bridgehead atoms. The van der Waals surface area contributed by atoms with Gasteiger partial charge in [0.15, 0.2) is 0 Å². The topological polar surface area (TPSA) is 85.5 Å². The van der Waals surface area contributed by atoms with Crippen LogP contribution in [-0.4, -0.2) is 63.7 Å². The summed E-state index contributed by atoms with van der Waals surface area (Å²) in [4.78, 5) is 46.8. The Morgan fingerprint density at radius 3 is 2.26 bits per heavy atom. The molecule has 5 rings (SSSR count). The summed E-state index contributed by atoms with van der Waals surface area (Å²) in [6, 6.07) is 16.4. The van der Waals surface area contributed by atoms with Gasteiger partial charge in [0.05, 0.1) is 12.1 Å². The van der Waals surface area contributed by atoms with Gasteiger partial charge in [-0.2, -0.15) is 0 Å². The van der Waals surface area contributed by atoms with Gasteiger partial charge in [0.2, 0.25) is 5.91 Å². The van der Waals surface area contributed by atoms with E-state index in [1.54, 1.807) is 6.07 Å². The van der Waals surface area contributed by atoms with Crippen LogP contribution in [0, 0.1) is 12.3 Å². The highest BCUT2D eigenvalue weighted by atomic mass is 16.2. The Hall–Kier alpha value is -3.61. The third-order valence-corrected chi connectivity index (χ3v) is 7.25. The molecule has 3 heterocycles. The number of aryl methyl sites for hydroxylation is 1. The lowest BCUT2D eigenvalue weighted by atomic mass is 9.85. The molecule has 3 atom stereocenters. The summed E-state index contributed by atoms with van der Waals surface area (Å²) in [5, 5.41) is 3.94. The maximum atomic E-state index is 13.7. The van der Waals surface area contributed by atoms with E-state index in [2.05, 4.69) is 10.3 Å². The first-order valence-electron chi connectivity index (χ1n) is 12.2. The van der Waals surface area contributed by atoms with Crippen molar-refractivity contribution in [3.8, 4) is 0 Å². The summed E-state index contributed by atoms with van der Waals surface area (Å²) in [6.07, 6.45) is 0.774. The van der Waals surface area contributed by atoms with Crippen molar-refractivity contribution in [3.05, 3.63) is 71.4 Å². The number of piperazine rings is 1. The molecule has 2 aromatic carbocycles. The molecule has 3 aromatic rings. The summed E-state index contributed by atoms with van der Waals surface area (Å²) >= 11 is 0. The number of rotatable bonds is 4. The number of para-hydroxylation sites is 1. The largest absolute Gasteiger partial charge is 0.351 e. The van der Waals surface area contributed by atoms with Crippen LogP contribution in [0.25, 0.3) is 10.9 Å². The van der Waals surface area contributed by atoms with Crippen LogP contribution in [0.1, 0.15) is 53.6 Å². The summed E-state index contributed by atoms with van der Waals surface area (Å²) in [5.41, 5.74) is 2.64. The van der Waals surface area contributed by atoms with E-state index in [1.807, 2.05) is 86.0 Å². The van der Waals surface area contributed by atoms with Crippen LogP contribution < -0.4 is 5.32 Å². The molecule has 35 heavy (non-hydrogen) atoms. The molecule has 3 unspecified atom stereocenters. The molecular formula is C28H32N4O3. The summed E-state index contributed by atoms with van der Waals surface area (Å²) in [7, 11) is 0. The van der Waals surface area contributed by atoms with Crippen molar-refractivity contribution in [2.24, 2.45) is 5.41 Å². The van der Waals surface area contributed by atoms with E-state index in [0.29, 0.717) is 24.3 Å². The molecule has 0 spiro atoms. The maximum Gasteiger partial charge on any atom is 0.268 e. The zero-order valence-electron chi connectivity index (χ0n) is 20.7. The lowest BCUT2D eigenvalue weighted by Gasteiger charge is -2.39. The number of likely N-dealkylation sites (tertiary alicyclic amines) is 2. The fourth-order valence-electron chi connectivity index (χ4n) is 5.27. The van der Waals surface area contributed by atoms with Gasteiger partial charge in [-0.1, -0.05) is 56.7 Å². The minimum absolute atomic E-state index is 0.00257. The van der Waals surface area contributed by atoms with Crippen molar-refractivity contribution < 1.29 is 14.4 Å². The summed E-state index contributed by atoms with van der Waals surface area (Å²) in [5.74, 6) is -0.365. The standard InChI is InChI=1S/C28H32N4O3/c1-17-9-11-18(12-10-17)26(34)31-15-21-14-20(31)16-32(21)27(35)24(28(2,3)4)30-25(33)23-13-19-7-5-6-8-22(19)29-23/h5-13,20-21,24,29H,14-16H2,1-4H3,(H,30,33). The molecule has 1 aromatic heterocycles. The third-order valence-electron chi connectivity index (χ3n) is 7.25. The first-order chi connectivity index (χ1) is 16.6. The van der Waals surface area contributed by atoms with Crippen molar-refractivity contribution in [3.63, 3.8) is 0 Å². The Balaban J connectivity index is 1.29. The first-order valence-corrected chi connectivity index (χ1v) is 12.2. The Labute approximate surface area is 205 Å². The van der Waals surface area contributed by atoms with E-state index in [4.69, 9.17) is 0 Å². The van der Waals surface area contributed by atoms with Crippen LogP contribution in [0.15, 0.2) is 54.6 Å². The SMILES string of the molecule is Cc1ccc(C(=O)N2CC3CC2CN3C(=O)C(NC(=O)c2cc3ccccc3[nH]2)C(C)(C)C)cc1. The predicted molar refractivity (Wildman–Crippen MR) is 135 cm³/mol. The van der Waals surface area contributed by atoms with Crippen LogP contribution in [-0.2, 0) is 4.79 Å². The fourth-order valence-corrected chi connectivity index (χ4v) is 5.27. The van der Waals surface area contributed by atoms with Gasteiger partial charge in [-0.05, 0) is 43.0 Å². The molecule has 7 nitrogen and oxygen atoms in total. The molecule has 2 aliphatic rings. The Bertz CT molecular complexity index is 1250. The van der Waals surface area contributed by atoms with E-state index in [1.165, 1.54) is 0 Å². The van der Waals surface area contributed by atoms with Gasteiger partial charge in [-0.25, -0.2) is 0 Å². The number of aromatic nitrogens is 1. The number of nitrogens with one attached hydrogen (secondary N) is 2. The second-order valence-corrected chi connectivity index (χ2v) is 10.9. The minimum Gasteiger partial charge on any atom is -0.351 e. The van der Waals surface area contributed by atoms with Crippen molar-refractivity contribution >= 4 is 28.6 Å². The normalized spacial score (nSPS) is 20.3. The number of hydrogen-bond donors (Lipinski definition) is 2. The number of hydrogen-bond acceptors (Lipinski definition) is 3. The fraction of sp³-hybridized carbons (Fsp3) is 0.393. The van der Waals surface area contributed by atoms with Gasteiger partial charge in [0.1, 0.15) is 11.7 Å². The highest BCUT2D eigenvalue weighted by molar-refractivity contribution is 6.00. The molecular weight excluding hydrogens is 440 g/mol. The van der Waals surface area contributed by atoms with Gasteiger partial charge < -0.3 is 20.1 Å². The maximum absolute atomic E-state index is 13.7. The van der Waals surface area contributed by atoms with Crippen molar-refractivity contribution in [2.75, 3.05) is 13.1 Å². The highest BCUT2D eigenvalue weighted by Crippen LogP contribution is 2.34. The molecule has 0 radical (unpaired) electrons. The number of fused-ring (bicyclic) bond motifs is 3. The quantitative estimate of drug-likeness (QED) is 0.607. The molecule has 3 amide bonds. The highest BCUT2D eigenvalue weighted by Gasteiger charge is 2.49. The molecule has 2 fully saturated rings. The van der Waals surface area contributed by atoms with Crippen LogP contribution in [0.2, 0.25) is 0 Å². The van der Waals surface area contributed by atoms with Gasteiger partial charge in [0, 0.05) is 29.6 Å². The Morgan fingerprint density at radius 1 is 0.971 bits per heavy atom. The van der Waals surface area contributed by atoms with E-state index in [9.17, 15) is 14.4 Å². The first kappa shape index (κ1) is 23.1. The second kappa shape index (κ2) is 8.56. The smallest absolute Gasteiger partial charge is 0.268 e. The number of benzene rings is 2. The second-order valence-electron chi connectivity index (χ2n) is 10.9. The van der Waals surface area contributed by atoms with Crippen molar-refractivity contribution in [2.45, 2.75) is 52.2 Å². The van der Waals surface area contributed by atoms with E-state index in [0.717, 1.165) is 22.9 Å². The average Bonchev–Trinajstić information content (AvgIpc) is 3.55. The molecule has 2 aliphatic heterocycles. The Morgan fingerprint density at radius 2 is 1.63 bits per heavy atom. The average molecular weight is 473 g/mol. The lowest BCUT2D eigenvalue weighted by Crippen LogP contribution is -2.59. The monoisotopic (exact) mass is 472 g/mol. The van der Waals surface area contributed by atoms with Gasteiger partial charge in [-0.3, -0.25) is 14.4 Å². The van der Waals surface area contributed by atoms with E-state index < -0.39 is 11.5 Å². The Kier molecular flexibility index (Phi) is 5.66. The minimum atomic E-state index is -0.679. The molecule has 2 N–H and O–H groups in total. The number of amides is 3. The molecule has 182 valence electrons. The van der Waals surface area contributed by atoms with E-state index >= 15 is 0 Å². The van der Waals surface area contributed by atoms with Crippen LogP contribution in [0.5, 0.6) is 0 Å². The summed E-state index contributed by atoms with van der Waals surface area (Å²) in [6.45, 7) is 8.90. The number of aromatic amines is 1. The zero-order valence-corrected chi connectivity index (χ0v) is 20.7. The number of carbonyl (C=O) groups is 3. The number of H-pyrrole nitrogens is 1. The van der Waals surface area contributed by atoms with Gasteiger partial charge in [-0.15, -0.1) is 0 Å². The van der Waals surface area contributed by atoms with E-state index in [-0.39, 0.29) is 29.8 Å². The number of carbonyl (C=O) groups excluding carboxylic acids is 3. The lowest BCUT2D eigenvalue weighted by molar-refractivity contribution is -0.138. The van der Waals surface area contributed by atoms with Gasteiger partial charge >= 0.3 is 0 Å². The van der Waals surface area contributed by atoms with Gasteiger partial charge in [0.25, 0.3) is 11.8 Å². The van der Waals surface area contributed by atoms with Crippen LogP contribution in [0.3, 0.4) is 0 Å². The van der Waals surface area contributed by atoms with Crippen molar-refractivity contribution in [1.82, 2.24) is 20.1 Å². The molecule has 7 heteroatoms.